The fourth-order valence-corrected chi connectivity index (χ4v) is 5.11. The monoisotopic (exact) mass is 534 g/mol. The fraction of sp³-hybridized carbons (Fsp3) is 0.464. The highest BCUT2D eigenvalue weighted by Crippen LogP contribution is 2.39. The van der Waals surface area contributed by atoms with E-state index in [1.807, 2.05) is 6.07 Å². The molecular formula is C28H33F3N2O5. The first kappa shape index (κ1) is 28.1. The number of halogens is 3. The third kappa shape index (κ3) is 6.20. The Balaban J connectivity index is 1.34. The van der Waals surface area contributed by atoms with Gasteiger partial charge in [-0.05, 0) is 68.0 Å². The van der Waals surface area contributed by atoms with Crippen LogP contribution in [-0.4, -0.2) is 65.2 Å². The molecule has 0 radical (unpaired) electrons. The molecule has 1 aromatic heterocycles. The predicted molar refractivity (Wildman–Crippen MR) is 135 cm³/mol. The van der Waals surface area contributed by atoms with Gasteiger partial charge in [0.15, 0.2) is 17.5 Å². The Morgan fingerprint density at radius 3 is 2.39 bits per heavy atom. The number of aliphatic hydroxyl groups excluding tert-OH is 3. The van der Waals surface area contributed by atoms with Gasteiger partial charge in [0.1, 0.15) is 18.1 Å². The second-order valence-corrected chi connectivity index (χ2v) is 9.84. The van der Waals surface area contributed by atoms with Gasteiger partial charge in [-0.2, -0.15) is 0 Å². The molecule has 206 valence electrons. The number of nitrogens with zero attached hydrogens (tertiary/aromatic N) is 2. The van der Waals surface area contributed by atoms with Crippen molar-refractivity contribution in [1.29, 1.82) is 0 Å². The summed E-state index contributed by atoms with van der Waals surface area (Å²) in [5.74, 6) is -3.56. The van der Waals surface area contributed by atoms with E-state index < -0.39 is 23.6 Å². The number of aliphatic hydroxyl groups is 3. The summed E-state index contributed by atoms with van der Waals surface area (Å²) in [5, 5.41) is 32.1. The number of hydrogen-bond acceptors (Lipinski definition) is 7. The number of methoxy groups -OCH3 is 1. The van der Waals surface area contributed by atoms with Gasteiger partial charge in [0, 0.05) is 42.4 Å². The van der Waals surface area contributed by atoms with E-state index in [1.165, 1.54) is 0 Å². The van der Waals surface area contributed by atoms with Crippen LogP contribution in [0.1, 0.15) is 42.9 Å². The highest BCUT2D eigenvalue weighted by molar-refractivity contribution is 5.85. The molecule has 1 unspecified atom stereocenters. The normalized spacial score (nSPS) is 16.5. The van der Waals surface area contributed by atoms with E-state index in [-0.39, 0.29) is 31.0 Å². The van der Waals surface area contributed by atoms with Gasteiger partial charge >= 0.3 is 0 Å². The van der Waals surface area contributed by atoms with Crippen LogP contribution in [0.4, 0.5) is 13.2 Å². The largest absolute Gasteiger partial charge is 0.497 e. The molecule has 1 saturated heterocycles. The Hall–Kier alpha value is -2.92. The van der Waals surface area contributed by atoms with Gasteiger partial charge in [-0.15, -0.1) is 0 Å². The van der Waals surface area contributed by atoms with Crippen molar-refractivity contribution in [2.24, 2.45) is 5.41 Å². The standard InChI is InChI=1S/C28H33F3N2O5/c1-37-19-2-3-24-21(12-19)26(18(16-34)15-32-24)25(36)4-5-28(17-35)6-8-33(9-7-28)10-11-38-20-13-22(29)27(31)23(30)14-20/h2-3,12-15,25,34-36H,4-11,16-17H2,1H3. The average Bonchev–Trinajstić information content (AvgIpc) is 2.94. The van der Waals surface area contributed by atoms with Gasteiger partial charge in [0.05, 0.1) is 25.3 Å². The Bertz CT molecular complexity index is 1220. The zero-order valence-electron chi connectivity index (χ0n) is 21.3. The first-order chi connectivity index (χ1) is 18.3. The summed E-state index contributed by atoms with van der Waals surface area (Å²) in [5.41, 5.74) is 1.50. The maximum absolute atomic E-state index is 13.4. The average molecular weight is 535 g/mol. The van der Waals surface area contributed by atoms with E-state index in [9.17, 15) is 28.5 Å². The SMILES string of the molecule is COc1ccc2ncc(CO)c(C(O)CCC3(CO)CCN(CCOc4cc(F)c(F)c(F)c4)CC3)c2c1. The van der Waals surface area contributed by atoms with E-state index in [0.29, 0.717) is 67.7 Å². The molecule has 3 aromatic rings. The van der Waals surface area contributed by atoms with E-state index in [0.717, 1.165) is 17.5 Å². The summed E-state index contributed by atoms with van der Waals surface area (Å²) in [6.45, 7) is 1.78. The molecule has 0 spiro atoms. The third-order valence-corrected chi connectivity index (χ3v) is 7.54. The third-order valence-electron chi connectivity index (χ3n) is 7.54. The number of likely N-dealkylation sites (tertiary alicyclic amines) is 1. The molecule has 0 bridgehead atoms. The van der Waals surface area contributed by atoms with Crippen LogP contribution >= 0.6 is 0 Å². The molecule has 1 atom stereocenters. The highest BCUT2D eigenvalue weighted by atomic mass is 19.2. The molecule has 0 amide bonds. The van der Waals surface area contributed by atoms with Crippen LogP contribution in [0.15, 0.2) is 36.5 Å². The quantitative estimate of drug-likeness (QED) is 0.319. The van der Waals surface area contributed by atoms with Gasteiger partial charge in [-0.1, -0.05) is 0 Å². The first-order valence-electron chi connectivity index (χ1n) is 12.6. The topological polar surface area (TPSA) is 95.3 Å². The minimum Gasteiger partial charge on any atom is -0.497 e. The van der Waals surface area contributed by atoms with Gasteiger partial charge in [-0.3, -0.25) is 9.88 Å². The van der Waals surface area contributed by atoms with Gasteiger partial charge in [0.25, 0.3) is 0 Å². The number of aromatic nitrogens is 1. The number of fused-ring (bicyclic) bond motifs is 1. The first-order valence-corrected chi connectivity index (χ1v) is 12.6. The molecule has 3 N–H and O–H groups in total. The second kappa shape index (κ2) is 12.3. The van der Waals surface area contributed by atoms with E-state index in [1.54, 1.807) is 25.4 Å². The molecule has 1 aliphatic rings. The van der Waals surface area contributed by atoms with Gasteiger partial charge in [0.2, 0.25) is 0 Å². The van der Waals surface area contributed by atoms with Crippen molar-refractivity contribution in [2.75, 3.05) is 40.0 Å². The zero-order chi connectivity index (χ0) is 27.3. The van der Waals surface area contributed by atoms with E-state index in [2.05, 4.69) is 9.88 Å². The van der Waals surface area contributed by atoms with Crippen LogP contribution in [0.25, 0.3) is 10.9 Å². The van der Waals surface area contributed by atoms with Crippen LogP contribution in [0.3, 0.4) is 0 Å². The lowest BCUT2D eigenvalue weighted by Crippen LogP contribution is -2.43. The number of piperidine rings is 1. The molecule has 0 saturated carbocycles. The zero-order valence-corrected chi connectivity index (χ0v) is 21.3. The van der Waals surface area contributed by atoms with Crippen LogP contribution in [0.5, 0.6) is 11.5 Å². The second-order valence-electron chi connectivity index (χ2n) is 9.84. The number of benzene rings is 2. The molecule has 10 heteroatoms. The Kier molecular flexibility index (Phi) is 9.09. The Morgan fingerprint density at radius 2 is 1.76 bits per heavy atom. The molecule has 7 nitrogen and oxygen atoms in total. The molecule has 38 heavy (non-hydrogen) atoms. The van der Waals surface area contributed by atoms with Gasteiger partial charge < -0.3 is 24.8 Å². The van der Waals surface area contributed by atoms with Crippen LogP contribution in [0, 0.1) is 22.9 Å². The van der Waals surface area contributed by atoms with Crippen LogP contribution < -0.4 is 9.47 Å². The Labute approximate surface area is 219 Å². The molecule has 2 heterocycles. The van der Waals surface area contributed by atoms with Crippen molar-refractivity contribution in [1.82, 2.24) is 9.88 Å². The van der Waals surface area contributed by atoms with Crippen molar-refractivity contribution >= 4 is 10.9 Å². The number of pyridine rings is 1. The molecular weight excluding hydrogens is 501 g/mol. The maximum atomic E-state index is 13.4. The minimum absolute atomic E-state index is 0.0179. The number of ether oxygens (including phenoxy) is 2. The molecule has 1 aliphatic heterocycles. The highest BCUT2D eigenvalue weighted by Gasteiger charge is 2.34. The van der Waals surface area contributed by atoms with Crippen molar-refractivity contribution in [2.45, 2.75) is 38.4 Å². The summed E-state index contributed by atoms with van der Waals surface area (Å²) in [4.78, 5) is 6.51. The van der Waals surface area contributed by atoms with Crippen molar-refractivity contribution in [3.8, 4) is 11.5 Å². The summed E-state index contributed by atoms with van der Waals surface area (Å²) in [7, 11) is 1.56. The number of rotatable bonds is 11. The summed E-state index contributed by atoms with van der Waals surface area (Å²) >= 11 is 0. The number of hydrogen-bond donors (Lipinski definition) is 3. The lowest BCUT2D eigenvalue weighted by Gasteiger charge is -2.41. The van der Waals surface area contributed by atoms with Crippen LogP contribution in [-0.2, 0) is 6.61 Å². The van der Waals surface area contributed by atoms with Crippen molar-refractivity contribution in [3.63, 3.8) is 0 Å². The fourth-order valence-electron chi connectivity index (χ4n) is 5.11. The smallest absolute Gasteiger partial charge is 0.194 e. The van der Waals surface area contributed by atoms with Gasteiger partial charge in [-0.25, -0.2) is 13.2 Å². The van der Waals surface area contributed by atoms with E-state index in [4.69, 9.17) is 9.47 Å². The minimum atomic E-state index is -1.52. The molecule has 0 aliphatic carbocycles. The summed E-state index contributed by atoms with van der Waals surface area (Å²) < 4.78 is 50.6. The Morgan fingerprint density at radius 1 is 1.05 bits per heavy atom. The summed E-state index contributed by atoms with van der Waals surface area (Å²) in [6, 6.07) is 7.04. The van der Waals surface area contributed by atoms with Crippen LogP contribution in [0.2, 0.25) is 0 Å². The van der Waals surface area contributed by atoms with Crippen molar-refractivity contribution in [3.05, 3.63) is 65.1 Å². The lowest BCUT2D eigenvalue weighted by molar-refractivity contribution is 0.0203. The molecule has 4 rings (SSSR count). The molecule has 2 aromatic carbocycles. The van der Waals surface area contributed by atoms with Crippen molar-refractivity contribution < 1.29 is 38.0 Å². The maximum Gasteiger partial charge on any atom is 0.194 e. The van der Waals surface area contributed by atoms with E-state index >= 15 is 0 Å². The summed E-state index contributed by atoms with van der Waals surface area (Å²) in [6.07, 6.45) is 3.10. The molecule has 1 fully saturated rings. The predicted octanol–water partition coefficient (Wildman–Crippen LogP) is 4.12. The lowest BCUT2D eigenvalue weighted by atomic mass is 9.74.